The van der Waals surface area contributed by atoms with Gasteiger partial charge in [0.05, 0.1) is 0 Å². The van der Waals surface area contributed by atoms with Crippen LogP contribution in [0.3, 0.4) is 0 Å². The van der Waals surface area contributed by atoms with Gasteiger partial charge in [0.15, 0.2) is 0 Å². The van der Waals surface area contributed by atoms with Crippen molar-refractivity contribution in [3.8, 4) is 0 Å². The van der Waals surface area contributed by atoms with Crippen molar-refractivity contribution in [2.45, 2.75) is 46.6 Å². The lowest BCUT2D eigenvalue weighted by atomic mass is 9.87. The van der Waals surface area contributed by atoms with Crippen molar-refractivity contribution in [1.29, 1.82) is 0 Å². The molecule has 1 N–H and O–H groups in total. The highest BCUT2D eigenvalue weighted by atomic mass is 16.1. The topological polar surface area (TPSA) is 32.3 Å². The van der Waals surface area contributed by atoms with Gasteiger partial charge in [-0.1, -0.05) is 58.9 Å². The van der Waals surface area contributed by atoms with Gasteiger partial charge >= 0.3 is 0 Å². The summed E-state index contributed by atoms with van der Waals surface area (Å²) in [6.07, 6.45) is 0. The third kappa shape index (κ3) is 5.43. The average Bonchev–Trinajstić information content (AvgIpc) is 2.60. The van der Waals surface area contributed by atoms with E-state index in [0.717, 1.165) is 25.3 Å². The molecule has 3 nitrogen and oxygen atoms in total. The molecule has 2 rings (SSSR count). The van der Waals surface area contributed by atoms with E-state index < -0.39 is 0 Å². The number of hydrogen-bond donors (Lipinski definition) is 1. The molecule has 0 aliphatic heterocycles. The molecule has 0 aliphatic carbocycles. The normalized spacial score (nSPS) is 11.6. The predicted octanol–water partition coefficient (Wildman–Crippen LogP) is 5.08. The summed E-state index contributed by atoms with van der Waals surface area (Å²) in [6, 6.07) is 16.0. The van der Waals surface area contributed by atoms with E-state index in [1.807, 2.05) is 36.4 Å². The number of nitrogens with zero attached hydrogens (tertiary/aromatic N) is 1. The Labute approximate surface area is 152 Å². The quantitative estimate of drug-likeness (QED) is 0.797. The second-order valence-electron chi connectivity index (χ2n) is 7.44. The summed E-state index contributed by atoms with van der Waals surface area (Å²) in [6.45, 7) is 13.9. The molecule has 0 bridgehead atoms. The lowest BCUT2D eigenvalue weighted by Crippen LogP contribution is -2.22. The van der Waals surface area contributed by atoms with Crippen LogP contribution in [-0.2, 0) is 12.0 Å². The molecule has 0 saturated carbocycles. The van der Waals surface area contributed by atoms with Crippen LogP contribution in [0.25, 0.3) is 0 Å². The average molecular weight is 338 g/mol. The van der Waals surface area contributed by atoms with Crippen LogP contribution in [0.4, 0.5) is 5.69 Å². The summed E-state index contributed by atoms with van der Waals surface area (Å²) in [5, 5.41) is 2.97. The molecule has 0 heterocycles. The molecule has 2 aromatic rings. The highest BCUT2D eigenvalue weighted by molar-refractivity contribution is 6.04. The van der Waals surface area contributed by atoms with Gasteiger partial charge in [0.1, 0.15) is 0 Å². The fourth-order valence-electron chi connectivity index (χ4n) is 2.72. The van der Waals surface area contributed by atoms with Gasteiger partial charge in [0.2, 0.25) is 0 Å². The monoisotopic (exact) mass is 338 g/mol. The smallest absolute Gasteiger partial charge is 0.255 e. The number of carbonyl (C=O) groups is 1. The summed E-state index contributed by atoms with van der Waals surface area (Å²) < 4.78 is 0. The summed E-state index contributed by atoms with van der Waals surface area (Å²) in [4.78, 5) is 14.8. The Bertz CT molecular complexity index is 677. The van der Waals surface area contributed by atoms with Crippen LogP contribution < -0.4 is 5.32 Å². The first-order chi connectivity index (χ1) is 11.8. The molecule has 0 radical (unpaired) electrons. The molecule has 2 aromatic carbocycles. The molecule has 3 heteroatoms. The van der Waals surface area contributed by atoms with Gasteiger partial charge in [-0.05, 0) is 53.9 Å². The molecule has 0 fully saturated rings. The van der Waals surface area contributed by atoms with Gasteiger partial charge < -0.3 is 5.32 Å². The molecule has 1 amide bonds. The zero-order chi connectivity index (χ0) is 18.4. The van der Waals surface area contributed by atoms with E-state index in [1.165, 1.54) is 11.1 Å². The molecule has 0 atom stereocenters. The predicted molar refractivity (Wildman–Crippen MR) is 106 cm³/mol. The molecule has 0 spiro atoms. The SMILES string of the molecule is CCN(CC)Cc1ccc(NC(=O)c2ccc(C(C)(C)C)cc2)cc1. The maximum absolute atomic E-state index is 12.4. The van der Waals surface area contributed by atoms with Gasteiger partial charge in [-0.25, -0.2) is 0 Å². The van der Waals surface area contributed by atoms with Crippen molar-refractivity contribution in [2.75, 3.05) is 18.4 Å². The number of hydrogen-bond acceptors (Lipinski definition) is 2. The van der Waals surface area contributed by atoms with E-state index in [9.17, 15) is 4.79 Å². The van der Waals surface area contributed by atoms with Crippen molar-refractivity contribution in [2.24, 2.45) is 0 Å². The first kappa shape index (κ1) is 19.2. The van der Waals surface area contributed by atoms with Gasteiger partial charge in [-0.3, -0.25) is 9.69 Å². The largest absolute Gasteiger partial charge is 0.322 e. The Kier molecular flexibility index (Phi) is 6.38. The Balaban J connectivity index is 2.00. The number of carbonyl (C=O) groups excluding carboxylic acids is 1. The second-order valence-corrected chi connectivity index (χ2v) is 7.44. The Morgan fingerprint density at radius 1 is 0.920 bits per heavy atom. The van der Waals surface area contributed by atoms with Crippen LogP contribution >= 0.6 is 0 Å². The number of amides is 1. The van der Waals surface area contributed by atoms with Gasteiger partial charge in [0, 0.05) is 17.8 Å². The molecular formula is C22H30N2O. The highest BCUT2D eigenvalue weighted by Crippen LogP contribution is 2.22. The maximum Gasteiger partial charge on any atom is 0.255 e. The van der Waals surface area contributed by atoms with Gasteiger partial charge in [0.25, 0.3) is 5.91 Å². The molecule has 0 saturated heterocycles. The number of rotatable bonds is 6. The van der Waals surface area contributed by atoms with Crippen molar-refractivity contribution < 1.29 is 4.79 Å². The lowest BCUT2D eigenvalue weighted by Gasteiger charge is -2.19. The minimum absolute atomic E-state index is 0.0723. The van der Waals surface area contributed by atoms with Crippen LogP contribution in [0.2, 0.25) is 0 Å². The standard InChI is InChI=1S/C22H30N2O/c1-6-24(7-2)16-17-8-14-20(15-9-17)23-21(25)18-10-12-19(13-11-18)22(3,4)5/h8-15H,6-7,16H2,1-5H3,(H,23,25). The van der Waals surface area contributed by atoms with Crippen molar-refractivity contribution in [1.82, 2.24) is 4.90 Å². The van der Waals surface area contributed by atoms with Crippen LogP contribution in [-0.4, -0.2) is 23.9 Å². The summed E-state index contributed by atoms with van der Waals surface area (Å²) >= 11 is 0. The van der Waals surface area contributed by atoms with E-state index in [0.29, 0.717) is 5.56 Å². The third-order valence-corrected chi connectivity index (χ3v) is 4.53. The van der Waals surface area contributed by atoms with E-state index in [1.54, 1.807) is 0 Å². The minimum atomic E-state index is -0.0723. The molecule has 134 valence electrons. The first-order valence-corrected chi connectivity index (χ1v) is 9.06. The van der Waals surface area contributed by atoms with Gasteiger partial charge in [-0.2, -0.15) is 0 Å². The molecule has 25 heavy (non-hydrogen) atoms. The molecular weight excluding hydrogens is 308 g/mol. The number of benzene rings is 2. The van der Waals surface area contributed by atoms with Crippen LogP contribution in [0, 0.1) is 0 Å². The van der Waals surface area contributed by atoms with Gasteiger partial charge in [-0.15, -0.1) is 0 Å². The minimum Gasteiger partial charge on any atom is -0.322 e. The Morgan fingerprint density at radius 2 is 1.48 bits per heavy atom. The van der Waals surface area contributed by atoms with Crippen molar-refractivity contribution >= 4 is 11.6 Å². The van der Waals surface area contributed by atoms with E-state index in [2.05, 4.69) is 57.0 Å². The lowest BCUT2D eigenvalue weighted by molar-refractivity contribution is 0.102. The Hall–Kier alpha value is -2.13. The summed E-state index contributed by atoms with van der Waals surface area (Å²) in [5.41, 5.74) is 4.09. The van der Waals surface area contributed by atoms with Crippen molar-refractivity contribution in [3.63, 3.8) is 0 Å². The molecule has 0 unspecified atom stereocenters. The summed E-state index contributed by atoms with van der Waals surface area (Å²) in [7, 11) is 0. The Morgan fingerprint density at radius 3 is 1.96 bits per heavy atom. The molecule has 0 aromatic heterocycles. The second kappa shape index (κ2) is 8.30. The number of nitrogens with one attached hydrogen (secondary N) is 1. The fourth-order valence-corrected chi connectivity index (χ4v) is 2.72. The van der Waals surface area contributed by atoms with E-state index >= 15 is 0 Å². The highest BCUT2D eigenvalue weighted by Gasteiger charge is 2.14. The zero-order valence-corrected chi connectivity index (χ0v) is 16.1. The van der Waals surface area contributed by atoms with Crippen LogP contribution in [0.5, 0.6) is 0 Å². The third-order valence-electron chi connectivity index (χ3n) is 4.53. The zero-order valence-electron chi connectivity index (χ0n) is 16.1. The first-order valence-electron chi connectivity index (χ1n) is 9.06. The van der Waals surface area contributed by atoms with Crippen LogP contribution in [0.15, 0.2) is 48.5 Å². The van der Waals surface area contributed by atoms with E-state index in [-0.39, 0.29) is 11.3 Å². The maximum atomic E-state index is 12.4. The molecule has 0 aliphatic rings. The van der Waals surface area contributed by atoms with Crippen LogP contribution in [0.1, 0.15) is 56.1 Å². The number of anilines is 1. The van der Waals surface area contributed by atoms with E-state index in [4.69, 9.17) is 0 Å². The summed E-state index contributed by atoms with van der Waals surface area (Å²) in [5.74, 6) is -0.0723. The van der Waals surface area contributed by atoms with Crippen molar-refractivity contribution in [3.05, 3.63) is 65.2 Å². The fraction of sp³-hybridized carbons (Fsp3) is 0.409.